The minimum Gasteiger partial charge on any atom is -0.462 e. The molecule has 0 saturated carbocycles. The maximum Gasteiger partial charge on any atom is 0.613 e. The van der Waals surface area contributed by atoms with E-state index in [4.69, 9.17) is 14.0 Å². The summed E-state index contributed by atoms with van der Waals surface area (Å²) in [7, 11) is -2.38. The number of H-pyrrole nitrogens is 1. The van der Waals surface area contributed by atoms with Crippen LogP contribution in [0.3, 0.4) is 0 Å². The van der Waals surface area contributed by atoms with E-state index in [1.54, 1.807) is 13.8 Å². The minimum absolute atomic E-state index is 0.108. The zero-order valence-electron chi connectivity index (χ0n) is 16.1. The summed E-state index contributed by atoms with van der Waals surface area (Å²) in [6.07, 6.45) is -0.656. The molecule has 11 nitrogen and oxygen atoms in total. The standard InChI is InChI=1S/C16H24N3O8P/c1-9(2)26-13(21)10(3)18-28(24)25-8-11-7-16(4,23)14(27-11)19-6-5-12(20)17-15(19)22/h5-6,9-11,14,23H,7-8H2,1-4H3,(H-,17,18,20,22,24)/p+1. The second-order valence-corrected chi connectivity index (χ2v) is 8.11. The molecule has 5 atom stereocenters. The lowest BCUT2D eigenvalue weighted by Crippen LogP contribution is -2.40. The highest BCUT2D eigenvalue weighted by atomic mass is 31.1. The molecule has 28 heavy (non-hydrogen) atoms. The molecule has 1 aliphatic rings. The predicted octanol–water partition coefficient (Wildman–Crippen LogP) is 0.179. The molecule has 5 unspecified atom stereocenters. The van der Waals surface area contributed by atoms with Gasteiger partial charge < -0.3 is 14.6 Å². The lowest BCUT2D eigenvalue weighted by atomic mass is 10.0. The molecule has 1 saturated heterocycles. The Balaban J connectivity index is 1.92. The number of hydrogen-bond acceptors (Lipinski definition) is 8. The molecule has 156 valence electrons. The molecule has 0 bridgehead atoms. The monoisotopic (exact) mass is 418 g/mol. The van der Waals surface area contributed by atoms with Crippen molar-refractivity contribution in [2.75, 3.05) is 6.61 Å². The lowest BCUT2D eigenvalue weighted by Gasteiger charge is -2.24. The van der Waals surface area contributed by atoms with Gasteiger partial charge in [0.1, 0.15) is 18.2 Å². The molecule has 0 spiro atoms. The Bertz CT molecular complexity index is 834. The van der Waals surface area contributed by atoms with E-state index in [0.29, 0.717) is 0 Å². The van der Waals surface area contributed by atoms with Crippen LogP contribution in [0.15, 0.2) is 21.9 Å². The number of esters is 1. The van der Waals surface area contributed by atoms with Crippen LogP contribution in [-0.4, -0.2) is 51.1 Å². The van der Waals surface area contributed by atoms with Crippen LogP contribution in [0, 0.1) is 0 Å². The average molecular weight is 418 g/mol. The van der Waals surface area contributed by atoms with Gasteiger partial charge in [0.05, 0.1) is 12.2 Å². The van der Waals surface area contributed by atoms with Gasteiger partial charge in [-0.1, -0.05) is 5.09 Å². The predicted molar refractivity (Wildman–Crippen MR) is 97.9 cm³/mol. The highest BCUT2D eigenvalue weighted by Gasteiger charge is 2.46. The van der Waals surface area contributed by atoms with E-state index in [-0.39, 0.29) is 19.1 Å². The quantitative estimate of drug-likeness (QED) is 0.397. The molecule has 0 radical (unpaired) electrons. The molecular weight excluding hydrogens is 393 g/mol. The van der Waals surface area contributed by atoms with E-state index >= 15 is 0 Å². The van der Waals surface area contributed by atoms with Crippen LogP contribution in [0.5, 0.6) is 0 Å². The van der Waals surface area contributed by atoms with Crippen LogP contribution in [0.25, 0.3) is 0 Å². The van der Waals surface area contributed by atoms with E-state index in [1.807, 2.05) is 0 Å². The number of aromatic nitrogens is 2. The molecule has 0 aromatic carbocycles. The fourth-order valence-corrected chi connectivity index (χ4v) is 3.55. The molecule has 1 aliphatic heterocycles. The number of carbonyl (C=O) groups is 1. The van der Waals surface area contributed by atoms with Gasteiger partial charge in [0.25, 0.3) is 5.56 Å². The van der Waals surface area contributed by atoms with Crippen molar-refractivity contribution in [2.45, 2.75) is 64.2 Å². The third-order valence-electron chi connectivity index (χ3n) is 3.98. The van der Waals surface area contributed by atoms with Gasteiger partial charge >= 0.3 is 19.8 Å². The molecule has 12 heteroatoms. The molecule has 3 N–H and O–H groups in total. The van der Waals surface area contributed by atoms with Crippen molar-refractivity contribution in [3.05, 3.63) is 33.1 Å². The summed E-state index contributed by atoms with van der Waals surface area (Å²) >= 11 is 0. The van der Waals surface area contributed by atoms with Gasteiger partial charge in [-0.3, -0.25) is 19.1 Å². The van der Waals surface area contributed by atoms with Gasteiger partial charge in [0.15, 0.2) is 6.23 Å². The largest absolute Gasteiger partial charge is 0.613 e. The van der Waals surface area contributed by atoms with Gasteiger partial charge in [0, 0.05) is 18.7 Å². The van der Waals surface area contributed by atoms with Gasteiger partial charge in [-0.15, -0.1) is 4.52 Å². The number of ether oxygens (including phenoxy) is 2. The molecule has 0 amide bonds. The highest BCUT2D eigenvalue weighted by molar-refractivity contribution is 7.36. The third kappa shape index (κ3) is 5.79. The Morgan fingerprint density at radius 2 is 2.18 bits per heavy atom. The molecule has 1 aromatic rings. The Hall–Kier alpha value is -1.91. The normalized spacial score (nSPS) is 26.3. The number of hydrogen-bond donors (Lipinski definition) is 3. The zero-order valence-corrected chi connectivity index (χ0v) is 17.0. The molecule has 1 fully saturated rings. The SMILES string of the molecule is CC(C)OC(=O)C(C)N[P+](=O)OCC1CC(C)(O)C(n2ccc(=O)[nH]c2=O)O1. The van der Waals surface area contributed by atoms with Crippen LogP contribution in [0.2, 0.25) is 0 Å². The molecular formula is C16H25N3O8P+. The summed E-state index contributed by atoms with van der Waals surface area (Å²) < 4.78 is 28.9. The Labute approximate surface area is 161 Å². The first-order valence-electron chi connectivity index (χ1n) is 8.75. The second kappa shape index (κ2) is 9.06. The van der Waals surface area contributed by atoms with Crippen molar-refractivity contribution in [3.63, 3.8) is 0 Å². The van der Waals surface area contributed by atoms with Crippen LogP contribution < -0.4 is 16.3 Å². The number of rotatable bonds is 8. The molecule has 2 heterocycles. The number of nitrogens with zero attached hydrogens (tertiary/aromatic N) is 1. The zero-order chi connectivity index (χ0) is 21.1. The van der Waals surface area contributed by atoms with E-state index in [0.717, 1.165) is 10.6 Å². The Morgan fingerprint density at radius 3 is 2.79 bits per heavy atom. The first-order valence-corrected chi connectivity index (χ1v) is 9.93. The van der Waals surface area contributed by atoms with Crippen LogP contribution in [-0.2, 0) is 23.4 Å². The van der Waals surface area contributed by atoms with Crippen molar-refractivity contribution >= 4 is 14.1 Å². The minimum atomic E-state index is -2.38. The van der Waals surface area contributed by atoms with Gasteiger partial charge in [-0.05, 0) is 32.3 Å². The Morgan fingerprint density at radius 1 is 1.50 bits per heavy atom. The maximum atomic E-state index is 12.0. The summed E-state index contributed by atoms with van der Waals surface area (Å²) in [6, 6.07) is 0.314. The van der Waals surface area contributed by atoms with Crippen molar-refractivity contribution in [3.8, 4) is 0 Å². The van der Waals surface area contributed by atoms with Crippen molar-refractivity contribution in [1.82, 2.24) is 14.6 Å². The fourth-order valence-electron chi connectivity index (χ4n) is 2.75. The second-order valence-electron chi connectivity index (χ2n) is 7.08. The smallest absolute Gasteiger partial charge is 0.462 e. The van der Waals surface area contributed by atoms with Crippen LogP contribution in [0.1, 0.15) is 40.3 Å². The summed E-state index contributed by atoms with van der Waals surface area (Å²) in [6.45, 7) is 6.25. The maximum absolute atomic E-state index is 12.0. The van der Waals surface area contributed by atoms with Crippen molar-refractivity contribution in [1.29, 1.82) is 0 Å². The summed E-state index contributed by atoms with van der Waals surface area (Å²) in [5, 5.41) is 13.0. The van der Waals surface area contributed by atoms with E-state index in [1.165, 1.54) is 20.0 Å². The topological polar surface area (TPSA) is 149 Å². The van der Waals surface area contributed by atoms with Crippen LogP contribution in [0.4, 0.5) is 0 Å². The lowest BCUT2D eigenvalue weighted by molar-refractivity contribution is -0.149. The molecule has 1 aromatic heterocycles. The van der Waals surface area contributed by atoms with Gasteiger partial charge in [-0.25, -0.2) is 4.79 Å². The van der Waals surface area contributed by atoms with Crippen molar-refractivity contribution in [2.24, 2.45) is 0 Å². The summed E-state index contributed by atoms with van der Waals surface area (Å²) in [5.74, 6) is -0.556. The Kier molecular flexibility index (Phi) is 7.24. The highest BCUT2D eigenvalue weighted by Crippen LogP contribution is 2.37. The van der Waals surface area contributed by atoms with Gasteiger partial charge in [-0.2, -0.15) is 0 Å². The fraction of sp³-hybridized carbons (Fsp3) is 0.688. The van der Waals surface area contributed by atoms with Gasteiger partial charge in [0.2, 0.25) is 0 Å². The third-order valence-corrected chi connectivity index (χ3v) is 4.96. The number of carbonyl (C=O) groups excluding carboxylic acids is 1. The number of aliphatic hydroxyl groups is 1. The molecule has 2 rings (SSSR count). The van der Waals surface area contributed by atoms with E-state index < -0.39 is 49.4 Å². The van der Waals surface area contributed by atoms with Crippen molar-refractivity contribution < 1.29 is 28.5 Å². The first kappa shape index (κ1) is 22.4. The van der Waals surface area contributed by atoms with E-state index in [9.17, 15) is 24.1 Å². The average Bonchev–Trinajstić information content (AvgIpc) is 2.87. The van der Waals surface area contributed by atoms with Crippen LogP contribution >= 0.6 is 8.18 Å². The molecule has 0 aliphatic carbocycles. The van der Waals surface area contributed by atoms with E-state index in [2.05, 4.69) is 10.1 Å². The number of aromatic amines is 1. The first-order chi connectivity index (χ1) is 13.0. The summed E-state index contributed by atoms with van der Waals surface area (Å²) in [5.41, 5.74) is -2.69. The number of nitrogens with one attached hydrogen (secondary N) is 2. The summed E-state index contributed by atoms with van der Waals surface area (Å²) in [4.78, 5) is 36.9.